The Hall–Kier alpha value is -1.70. The van der Waals surface area contributed by atoms with Gasteiger partial charge in [0, 0.05) is 30.4 Å². The molecule has 1 fully saturated rings. The third-order valence-corrected chi connectivity index (χ3v) is 4.86. The molecule has 146 valence electrons. The molecule has 1 aliphatic rings. The van der Waals surface area contributed by atoms with Crippen LogP contribution in [-0.4, -0.2) is 30.6 Å². The van der Waals surface area contributed by atoms with E-state index in [0.717, 1.165) is 49.6 Å². The molecular weight excluding hydrogens is 454 g/mol. The van der Waals surface area contributed by atoms with Gasteiger partial charge in [-0.3, -0.25) is 9.98 Å². The SMILES string of the molecule is CCNC(=NCC1(c2ccccc2F)CC1)NCCc1ccc(C)nc1.I. The maximum absolute atomic E-state index is 14.1. The normalized spacial score (nSPS) is 15.0. The minimum absolute atomic E-state index is 0. The van der Waals surface area contributed by atoms with E-state index in [2.05, 4.69) is 21.7 Å². The molecule has 1 saturated carbocycles. The highest BCUT2D eigenvalue weighted by Gasteiger charge is 2.45. The van der Waals surface area contributed by atoms with Gasteiger partial charge in [0.2, 0.25) is 0 Å². The van der Waals surface area contributed by atoms with Crippen molar-refractivity contribution < 1.29 is 4.39 Å². The van der Waals surface area contributed by atoms with Gasteiger partial charge in [0.1, 0.15) is 5.82 Å². The highest BCUT2D eigenvalue weighted by Crippen LogP contribution is 2.49. The number of benzene rings is 1. The first-order valence-electron chi connectivity index (χ1n) is 9.32. The molecular formula is C21H28FIN4. The molecule has 2 N–H and O–H groups in total. The molecule has 1 aromatic carbocycles. The highest BCUT2D eigenvalue weighted by molar-refractivity contribution is 14.0. The lowest BCUT2D eigenvalue weighted by molar-refractivity contribution is 0.572. The van der Waals surface area contributed by atoms with E-state index in [1.165, 1.54) is 11.6 Å². The summed E-state index contributed by atoms with van der Waals surface area (Å²) >= 11 is 0. The number of hydrogen-bond acceptors (Lipinski definition) is 2. The number of aryl methyl sites for hydroxylation is 1. The predicted molar refractivity (Wildman–Crippen MR) is 119 cm³/mol. The first kappa shape index (κ1) is 21.6. The average molecular weight is 482 g/mol. The molecule has 2 aromatic rings. The monoisotopic (exact) mass is 482 g/mol. The first-order valence-corrected chi connectivity index (χ1v) is 9.32. The molecule has 0 amide bonds. The van der Waals surface area contributed by atoms with Crippen molar-refractivity contribution in [2.45, 2.75) is 38.5 Å². The molecule has 0 spiro atoms. The van der Waals surface area contributed by atoms with Gasteiger partial charge in [0.25, 0.3) is 0 Å². The average Bonchev–Trinajstić information content (AvgIpc) is 3.43. The predicted octanol–water partition coefficient (Wildman–Crippen LogP) is 3.98. The van der Waals surface area contributed by atoms with Gasteiger partial charge in [0.15, 0.2) is 5.96 Å². The molecule has 1 aliphatic carbocycles. The summed E-state index contributed by atoms with van der Waals surface area (Å²) in [7, 11) is 0. The van der Waals surface area contributed by atoms with Crippen molar-refractivity contribution in [3.63, 3.8) is 0 Å². The smallest absolute Gasteiger partial charge is 0.191 e. The van der Waals surface area contributed by atoms with E-state index in [1.807, 2.05) is 38.2 Å². The zero-order valence-electron chi connectivity index (χ0n) is 16.0. The maximum atomic E-state index is 14.1. The first-order chi connectivity index (χ1) is 12.6. The van der Waals surface area contributed by atoms with Crippen LogP contribution in [0.5, 0.6) is 0 Å². The lowest BCUT2D eigenvalue weighted by Crippen LogP contribution is -2.39. The Bertz CT molecular complexity index is 757. The van der Waals surface area contributed by atoms with Crippen LogP contribution in [0, 0.1) is 12.7 Å². The van der Waals surface area contributed by atoms with Gasteiger partial charge in [-0.2, -0.15) is 0 Å². The van der Waals surface area contributed by atoms with E-state index in [9.17, 15) is 4.39 Å². The summed E-state index contributed by atoms with van der Waals surface area (Å²) in [5, 5.41) is 6.64. The van der Waals surface area contributed by atoms with Crippen LogP contribution in [0.1, 0.15) is 36.6 Å². The molecule has 0 bridgehead atoms. The number of guanidine groups is 1. The highest BCUT2D eigenvalue weighted by atomic mass is 127. The second-order valence-corrected chi connectivity index (χ2v) is 6.94. The summed E-state index contributed by atoms with van der Waals surface area (Å²) in [6, 6.07) is 11.2. The van der Waals surface area contributed by atoms with Crippen LogP contribution in [0.3, 0.4) is 0 Å². The van der Waals surface area contributed by atoms with Crippen molar-refractivity contribution in [1.82, 2.24) is 15.6 Å². The fraction of sp³-hybridized carbons (Fsp3) is 0.429. The van der Waals surface area contributed by atoms with Crippen LogP contribution < -0.4 is 10.6 Å². The van der Waals surface area contributed by atoms with Crippen LogP contribution >= 0.6 is 24.0 Å². The molecule has 4 nitrogen and oxygen atoms in total. The van der Waals surface area contributed by atoms with Gasteiger partial charge in [-0.15, -0.1) is 24.0 Å². The van der Waals surface area contributed by atoms with Crippen molar-refractivity contribution in [1.29, 1.82) is 0 Å². The van der Waals surface area contributed by atoms with Crippen LogP contribution in [0.2, 0.25) is 0 Å². The maximum Gasteiger partial charge on any atom is 0.191 e. The van der Waals surface area contributed by atoms with Crippen LogP contribution in [0.4, 0.5) is 4.39 Å². The fourth-order valence-electron chi connectivity index (χ4n) is 3.10. The van der Waals surface area contributed by atoms with Gasteiger partial charge >= 0.3 is 0 Å². The minimum Gasteiger partial charge on any atom is -0.357 e. The Morgan fingerprint density at radius 2 is 1.96 bits per heavy atom. The molecule has 1 heterocycles. The number of rotatable bonds is 7. The van der Waals surface area contributed by atoms with Crippen molar-refractivity contribution in [2.24, 2.45) is 4.99 Å². The molecule has 3 rings (SSSR count). The van der Waals surface area contributed by atoms with E-state index in [4.69, 9.17) is 4.99 Å². The number of pyridine rings is 1. The summed E-state index contributed by atoms with van der Waals surface area (Å²) in [6.07, 6.45) is 4.78. The molecule has 0 atom stereocenters. The van der Waals surface area contributed by atoms with Crippen molar-refractivity contribution >= 4 is 29.9 Å². The fourth-order valence-corrected chi connectivity index (χ4v) is 3.10. The van der Waals surface area contributed by atoms with E-state index in [1.54, 1.807) is 6.07 Å². The summed E-state index contributed by atoms with van der Waals surface area (Å²) in [5.74, 6) is 0.667. The Balaban J connectivity index is 0.00000261. The largest absolute Gasteiger partial charge is 0.357 e. The Labute approximate surface area is 178 Å². The zero-order chi connectivity index (χ0) is 18.4. The van der Waals surface area contributed by atoms with Gasteiger partial charge in [-0.1, -0.05) is 24.3 Å². The molecule has 0 unspecified atom stereocenters. The molecule has 0 radical (unpaired) electrons. The topological polar surface area (TPSA) is 49.3 Å². The lowest BCUT2D eigenvalue weighted by Gasteiger charge is -2.16. The molecule has 27 heavy (non-hydrogen) atoms. The summed E-state index contributed by atoms with van der Waals surface area (Å²) in [6.45, 7) is 6.22. The second-order valence-electron chi connectivity index (χ2n) is 6.94. The van der Waals surface area contributed by atoms with Gasteiger partial charge in [0.05, 0.1) is 6.54 Å². The summed E-state index contributed by atoms with van der Waals surface area (Å²) in [5.41, 5.74) is 2.89. The van der Waals surface area contributed by atoms with Crippen molar-refractivity contribution in [3.8, 4) is 0 Å². The standard InChI is InChI=1S/C21H27FN4.HI/c1-3-23-20(24-13-10-17-9-8-16(2)25-14-17)26-15-21(11-12-21)18-6-4-5-7-19(18)22;/h4-9,14H,3,10-13,15H2,1-2H3,(H2,23,24,26);1H. The number of hydrogen-bond donors (Lipinski definition) is 2. The zero-order valence-corrected chi connectivity index (χ0v) is 18.3. The van der Waals surface area contributed by atoms with Crippen LogP contribution in [0.15, 0.2) is 47.6 Å². The second kappa shape index (κ2) is 10.0. The Kier molecular flexibility index (Phi) is 8.01. The Morgan fingerprint density at radius 1 is 1.19 bits per heavy atom. The van der Waals surface area contributed by atoms with E-state index >= 15 is 0 Å². The van der Waals surface area contributed by atoms with Gasteiger partial charge < -0.3 is 10.6 Å². The van der Waals surface area contributed by atoms with E-state index in [0.29, 0.717) is 6.54 Å². The number of halogens is 2. The number of nitrogens with one attached hydrogen (secondary N) is 2. The minimum atomic E-state index is -0.130. The third kappa shape index (κ3) is 5.89. The van der Waals surface area contributed by atoms with Gasteiger partial charge in [-0.05, 0) is 56.4 Å². The Morgan fingerprint density at radius 3 is 2.59 bits per heavy atom. The number of aromatic nitrogens is 1. The van der Waals surface area contributed by atoms with E-state index < -0.39 is 0 Å². The van der Waals surface area contributed by atoms with Crippen LogP contribution in [-0.2, 0) is 11.8 Å². The quantitative estimate of drug-likeness (QED) is 0.357. The third-order valence-electron chi connectivity index (χ3n) is 4.86. The molecule has 0 aliphatic heterocycles. The number of nitrogens with zero attached hydrogens (tertiary/aromatic N) is 2. The summed E-state index contributed by atoms with van der Waals surface area (Å²) < 4.78 is 14.1. The molecule has 6 heteroatoms. The molecule has 0 saturated heterocycles. The van der Waals surface area contributed by atoms with Gasteiger partial charge in [-0.25, -0.2) is 4.39 Å². The molecule has 1 aromatic heterocycles. The van der Waals surface area contributed by atoms with Crippen molar-refractivity contribution in [2.75, 3.05) is 19.6 Å². The number of aliphatic imine (C=N–C) groups is 1. The lowest BCUT2D eigenvalue weighted by atomic mass is 9.95. The summed E-state index contributed by atoms with van der Waals surface area (Å²) in [4.78, 5) is 9.05. The van der Waals surface area contributed by atoms with Crippen LogP contribution in [0.25, 0.3) is 0 Å². The van der Waals surface area contributed by atoms with E-state index in [-0.39, 0.29) is 35.2 Å². The van der Waals surface area contributed by atoms with Crippen molar-refractivity contribution in [3.05, 3.63) is 65.2 Å².